The van der Waals surface area contributed by atoms with Crippen molar-refractivity contribution >= 4 is 21.9 Å². The highest BCUT2D eigenvalue weighted by molar-refractivity contribution is 7.89. The van der Waals surface area contributed by atoms with Crippen molar-refractivity contribution in [3.05, 3.63) is 65.7 Å². The average Bonchev–Trinajstić information content (AvgIpc) is 2.71. The lowest BCUT2D eigenvalue weighted by Crippen LogP contribution is -2.30. The summed E-state index contributed by atoms with van der Waals surface area (Å²) in [5, 5.41) is 2.67. The maximum absolute atomic E-state index is 12.5. The van der Waals surface area contributed by atoms with Gasteiger partial charge in [0, 0.05) is 13.1 Å². The van der Waals surface area contributed by atoms with Gasteiger partial charge >= 0.3 is 5.97 Å². The van der Waals surface area contributed by atoms with Gasteiger partial charge in [0.05, 0.1) is 10.5 Å². The summed E-state index contributed by atoms with van der Waals surface area (Å²) in [6, 6.07) is 14.6. The van der Waals surface area contributed by atoms with Crippen LogP contribution in [-0.4, -0.2) is 33.4 Å². The molecule has 0 aliphatic carbocycles. The van der Waals surface area contributed by atoms with E-state index in [2.05, 4.69) is 10.0 Å². The first-order valence-electron chi connectivity index (χ1n) is 9.35. The second-order valence-electron chi connectivity index (χ2n) is 6.95. The maximum Gasteiger partial charge on any atom is 0.338 e. The molecule has 7 nitrogen and oxygen atoms in total. The minimum Gasteiger partial charge on any atom is -0.452 e. The van der Waals surface area contributed by atoms with Gasteiger partial charge < -0.3 is 10.1 Å². The van der Waals surface area contributed by atoms with Crippen LogP contribution in [0.1, 0.15) is 36.2 Å². The van der Waals surface area contributed by atoms with Gasteiger partial charge in [-0.05, 0) is 36.1 Å². The lowest BCUT2D eigenvalue weighted by atomic mass is 10.1. The molecule has 2 rings (SSSR count). The first kappa shape index (κ1) is 22.6. The second-order valence-corrected chi connectivity index (χ2v) is 8.71. The van der Waals surface area contributed by atoms with Gasteiger partial charge in [-0.2, -0.15) is 0 Å². The summed E-state index contributed by atoms with van der Waals surface area (Å²) >= 11 is 0. The van der Waals surface area contributed by atoms with E-state index in [1.54, 1.807) is 0 Å². The number of ether oxygens (including phenoxy) is 1. The Kier molecular flexibility index (Phi) is 8.35. The van der Waals surface area contributed by atoms with E-state index >= 15 is 0 Å². The Bertz CT molecular complexity index is 927. The summed E-state index contributed by atoms with van der Waals surface area (Å²) in [5.74, 6) is -0.700. The molecule has 8 heteroatoms. The highest BCUT2D eigenvalue weighted by atomic mass is 32.2. The van der Waals surface area contributed by atoms with E-state index in [-0.39, 0.29) is 17.0 Å². The summed E-state index contributed by atoms with van der Waals surface area (Å²) in [4.78, 5) is 23.8. The van der Waals surface area contributed by atoms with Crippen LogP contribution in [0.4, 0.5) is 0 Å². The van der Waals surface area contributed by atoms with E-state index < -0.39 is 28.5 Å². The number of carbonyl (C=O) groups excluding carboxylic acids is 2. The summed E-state index contributed by atoms with van der Waals surface area (Å²) in [7, 11) is -3.80. The molecule has 0 aromatic heterocycles. The fourth-order valence-corrected chi connectivity index (χ4v) is 3.48. The zero-order valence-corrected chi connectivity index (χ0v) is 17.4. The van der Waals surface area contributed by atoms with Crippen molar-refractivity contribution < 1.29 is 22.7 Å². The molecule has 29 heavy (non-hydrogen) atoms. The largest absolute Gasteiger partial charge is 0.452 e. The molecule has 0 saturated heterocycles. The number of esters is 1. The van der Waals surface area contributed by atoms with E-state index in [4.69, 9.17) is 4.74 Å². The number of amides is 1. The second kappa shape index (κ2) is 10.7. The molecule has 0 atom stereocenters. The molecule has 0 aliphatic heterocycles. The van der Waals surface area contributed by atoms with Crippen LogP contribution in [-0.2, 0) is 26.1 Å². The fraction of sp³-hybridized carbons (Fsp3) is 0.333. The quantitative estimate of drug-likeness (QED) is 0.577. The summed E-state index contributed by atoms with van der Waals surface area (Å²) < 4.78 is 32.5. The topological polar surface area (TPSA) is 102 Å². The highest BCUT2D eigenvalue weighted by Gasteiger charge is 2.17. The third-order valence-corrected chi connectivity index (χ3v) is 5.47. The normalized spacial score (nSPS) is 11.3. The number of hydrogen-bond acceptors (Lipinski definition) is 5. The standard InChI is InChI=1S/C21H26N2O5S/c1-16(2)11-12-22-20(24)15-28-21(25)18-9-6-10-19(13-18)29(26,27)23-14-17-7-4-3-5-8-17/h3-10,13,16,23H,11-12,14-15H2,1-2H3,(H,22,24). The number of hydrogen-bond donors (Lipinski definition) is 2. The van der Waals surface area contributed by atoms with Crippen molar-refractivity contribution in [3.8, 4) is 0 Å². The molecule has 2 aromatic rings. The first-order chi connectivity index (χ1) is 13.8. The Morgan fingerprint density at radius 1 is 1.03 bits per heavy atom. The average molecular weight is 419 g/mol. The lowest BCUT2D eigenvalue weighted by Gasteiger charge is -2.10. The third kappa shape index (κ3) is 7.67. The van der Waals surface area contributed by atoms with E-state index in [0.717, 1.165) is 12.0 Å². The van der Waals surface area contributed by atoms with Crippen LogP contribution in [0.3, 0.4) is 0 Å². The zero-order valence-electron chi connectivity index (χ0n) is 16.6. The Balaban J connectivity index is 1.93. The summed E-state index contributed by atoms with van der Waals surface area (Å²) in [5.41, 5.74) is 0.873. The van der Waals surface area contributed by atoms with E-state index in [1.807, 2.05) is 44.2 Å². The molecule has 0 radical (unpaired) electrons. The zero-order chi connectivity index (χ0) is 21.3. The van der Waals surface area contributed by atoms with Crippen molar-refractivity contribution in [2.24, 2.45) is 5.92 Å². The van der Waals surface area contributed by atoms with Gasteiger partial charge in [-0.1, -0.05) is 50.2 Å². The van der Waals surface area contributed by atoms with Crippen LogP contribution in [0.2, 0.25) is 0 Å². The van der Waals surface area contributed by atoms with Gasteiger partial charge in [0.1, 0.15) is 0 Å². The van der Waals surface area contributed by atoms with Gasteiger partial charge in [-0.25, -0.2) is 17.9 Å². The number of nitrogens with one attached hydrogen (secondary N) is 2. The predicted molar refractivity (Wildman–Crippen MR) is 110 cm³/mol. The molecule has 2 N–H and O–H groups in total. The van der Waals surface area contributed by atoms with Crippen molar-refractivity contribution in [1.29, 1.82) is 0 Å². The van der Waals surface area contributed by atoms with E-state index in [0.29, 0.717) is 12.5 Å². The first-order valence-corrected chi connectivity index (χ1v) is 10.8. The smallest absolute Gasteiger partial charge is 0.338 e. The number of benzene rings is 2. The minimum absolute atomic E-state index is 0.0516. The Morgan fingerprint density at radius 2 is 1.76 bits per heavy atom. The van der Waals surface area contributed by atoms with Gasteiger partial charge in [0.25, 0.3) is 5.91 Å². The fourth-order valence-electron chi connectivity index (χ4n) is 2.41. The molecule has 0 heterocycles. The van der Waals surface area contributed by atoms with Crippen LogP contribution < -0.4 is 10.0 Å². The van der Waals surface area contributed by atoms with Gasteiger partial charge in [0.15, 0.2) is 6.61 Å². The Morgan fingerprint density at radius 3 is 2.45 bits per heavy atom. The van der Waals surface area contributed by atoms with Crippen LogP contribution in [0.25, 0.3) is 0 Å². The predicted octanol–water partition coefficient (Wildman–Crippen LogP) is 2.48. The van der Waals surface area contributed by atoms with Gasteiger partial charge in [0.2, 0.25) is 10.0 Å². The van der Waals surface area contributed by atoms with Crippen molar-refractivity contribution in [2.75, 3.05) is 13.2 Å². The minimum atomic E-state index is -3.80. The summed E-state index contributed by atoms with van der Waals surface area (Å²) in [6.07, 6.45) is 0.829. The van der Waals surface area contributed by atoms with Crippen molar-refractivity contribution in [1.82, 2.24) is 10.0 Å². The molecule has 0 spiro atoms. The number of sulfonamides is 1. The maximum atomic E-state index is 12.5. The lowest BCUT2D eigenvalue weighted by molar-refractivity contribution is -0.124. The highest BCUT2D eigenvalue weighted by Crippen LogP contribution is 2.13. The van der Waals surface area contributed by atoms with Crippen LogP contribution in [0.15, 0.2) is 59.5 Å². The van der Waals surface area contributed by atoms with Gasteiger partial charge in [-0.15, -0.1) is 0 Å². The Hall–Kier alpha value is -2.71. The Labute approximate surface area is 171 Å². The van der Waals surface area contributed by atoms with E-state index in [9.17, 15) is 18.0 Å². The monoisotopic (exact) mass is 418 g/mol. The van der Waals surface area contributed by atoms with Crippen molar-refractivity contribution in [3.63, 3.8) is 0 Å². The molecular weight excluding hydrogens is 392 g/mol. The molecule has 0 fully saturated rings. The molecule has 0 unspecified atom stereocenters. The molecule has 0 saturated carbocycles. The van der Waals surface area contributed by atoms with Crippen LogP contribution in [0, 0.1) is 5.92 Å². The molecular formula is C21H26N2O5S. The summed E-state index contributed by atoms with van der Waals surface area (Å²) in [6.45, 7) is 4.31. The van der Waals surface area contributed by atoms with Crippen LogP contribution >= 0.6 is 0 Å². The number of carbonyl (C=O) groups is 2. The molecule has 0 aliphatic rings. The SMILES string of the molecule is CC(C)CCNC(=O)COC(=O)c1cccc(S(=O)(=O)NCc2ccccc2)c1. The molecule has 156 valence electrons. The molecule has 0 bridgehead atoms. The van der Waals surface area contributed by atoms with E-state index in [1.165, 1.54) is 24.3 Å². The van der Waals surface area contributed by atoms with Gasteiger partial charge in [-0.3, -0.25) is 4.79 Å². The molecule has 2 aromatic carbocycles. The third-order valence-electron chi connectivity index (χ3n) is 4.07. The number of rotatable bonds is 10. The van der Waals surface area contributed by atoms with Crippen molar-refractivity contribution in [2.45, 2.75) is 31.7 Å². The van der Waals surface area contributed by atoms with Crippen LogP contribution in [0.5, 0.6) is 0 Å². The molecule has 1 amide bonds.